The highest BCUT2D eigenvalue weighted by atomic mass is 19.3. The third-order valence-corrected chi connectivity index (χ3v) is 2.81. The van der Waals surface area contributed by atoms with Crippen LogP contribution in [-0.2, 0) is 0 Å². The van der Waals surface area contributed by atoms with Crippen LogP contribution in [0, 0.1) is 5.92 Å². The molecule has 118 valence electrons. The van der Waals surface area contributed by atoms with Crippen LogP contribution in [0.25, 0.3) is 0 Å². The molecule has 0 aliphatic rings. The van der Waals surface area contributed by atoms with E-state index >= 15 is 0 Å². The van der Waals surface area contributed by atoms with Crippen LogP contribution in [0.5, 0.6) is 5.75 Å². The topological polar surface area (TPSA) is 55.6 Å². The number of nitrogens with zero attached hydrogens (tertiary/aromatic N) is 1. The quantitative estimate of drug-likeness (QED) is 0.803. The Hall–Kier alpha value is -1.69. The van der Waals surface area contributed by atoms with Gasteiger partial charge in [-0.2, -0.15) is 8.78 Å². The third kappa shape index (κ3) is 6.08. The summed E-state index contributed by atoms with van der Waals surface area (Å²) in [5.74, 6) is 0.100. The lowest BCUT2D eigenvalue weighted by Crippen LogP contribution is -2.35. The highest BCUT2D eigenvalue weighted by Crippen LogP contribution is 2.18. The van der Waals surface area contributed by atoms with Gasteiger partial charge < -0.3 is 15.4 Å². The highest BCUT2D eigenvalue weighted by Gasteiger charge is 2.17. The molecule has 0 spiro atoms. The third-order valence-electron chi connectivity index (χ3n) is 2.81. The number of halogens is 2. The summed E-state index contributed by atoms with van der Waals surface area (Å²) in [4.78, 5) is 14.2. The zero-order valence-electron chi connectivity index (χ0n) is 12.4. The second kappa shape index (κ2) is 8.56. The number of amides is 1. The number of benzene rings is 1. The van der Waals surface area contributed by atoms with Gasteiger partial charge in [-0.15, -0.1) is 0 Å². The van der Waals surface area contributed by atoms with Gasteiger partial charge in [0.2, 0.25) is 0 Å². The predicted octanol–water partition coefficient (Wildman–Crippen LogP) is 2.74. The Balaban J connectivity index is 2.86. The van der Waals surface area contributed by atoms with Gasteiger partial charge in [0.05, 0.1) is 0 Å². The van der Waals surface area contributed by atoms with Crippen LogP contribution in [0.4, 0.5) is 8.78 Å². The van der Waals surface area contributed by atoms with Crippen molar-refractivity contribution >= 4 is 5.91 Å². The fourth-order valence-electron chi connectivity index (χ4n) is 1.99. The van der Waals surface area contributed by atoms with Crippen LogP contribution in [0.1, 0.15) is 30.6 Å². The van der Waals surface area contributed by atoms with E-state index in [9.17, 15) is 13.6 Å². The lowest BCUT2D eigenvalue weighted by Gasteiger charge is -2.24. The van der Waals surface area contributed by atoms with Gasteiger partial charge in [0, 0.05) is 18.7 Å². The van der Waals surface area contributed by atoms with Crippen molar-refractivity contribution in [3.8, 4) is 5.75 Å². The zero-order valence-corrected chi connectivity index (χ0v) is 12.4. The Bertz CT molecular complexity index is 453. The van der Waals surface area contributed by atoms with Gasteiger partial charge in [-0.3, -0.25) is 4.79 Å². The number of hydrogen-bond donors (Lipinski definition) is 1. The summed E-state index contributed by atoms with van der Waals surface area (Å²) in [6.07, 6.45) is 0.700. The van der Waals surface area contributed by atoms with Gasteiger partial charge in [0.1, 0.15) is 5.75 Å². The van der Waals surface area contributed by atoms with E-state index < -0.39 is 6.61 Å². The predicted molar refractivity (Wildman–Crippen MR) is 77.5 cm³/mol. The van der Waals surface area contributed by atoms with Crippen molar-refractivity contribution in [3.63, 3.8) is 0 Å². The summed E-state index contributed by atoms with van der Waals surface area (Å²) < 4.78 is 28.8. The van der Waals surface area contributed by atoms with Crippen molar-refractivity contribution in [1.82, 2.24) is 4.90 Å². The molecule has 0 aliphatic heterocycles. The van der Waals surface area contributed by atoms with E-state index in [0.29, 0.717) is 37.5 Å². The molecule has 6 heteroatoms. The number of carbonyl (C=O) groups excluding carboxylic acids is 1. The Morgan fingerprint density at radius 3 is 2.67 bits per heavy atom. The molecule has 0 unspecified atom stereocenters. The zero-order chi connectivity index (χ0) is 15.8. The van der Waals surface area contributed by atoms with E-state index in [2.05, 4.69) is 4.74 Å². The lowest BCUT2D eigenvalue weighted by atomic mass is 10.1. The number of rotatable bonds is 8. The maximum absolute atomic E-state index is 12.5. The maximum atomic E-state index is 12.5. The summed E-state index contributed by atoms with van der Waals surface area (Å²) in [5.41, 5.74) is 5.82. The molecule has 1 aromatic carbocycles. The summed E-state index contributed by atoms with van der Waals surface area (Å²) >= 11 is 0. The highest BCUT2D eigenvalue weighted by molar-refractivity contribution is 5.94. The largest absolute Gasteiger partial charge is 0.435 e. The van der Waals surface area contributed by atoms with Crippen LogP contribution < -0.4 is 10.5 Å². The molecule has 21 heavy (non-hydrogen) atoms. The molecule has 2 N–H and O–H groups in total. The summed E-state index contributed by atoms with van der Waals surface area (Å²) in [6.45, 7) is 2.76. The number of carbonyl (C=O) groups is 1. The van der Waals surface area contributed by atoms with Crippen LogP contribution in [0.15, 0.2) is 24.3 Å². The summed E-state index contributed by atoms with van der Waals surface area (Å²) in [7, 11) is 0. The average molecular weight is 300 g/mol. The van der Waals surface area contributed by atoms with E-state index in [0.717, 1.165) is 0 Å². The number of ether oxygens (including phenoxy) is 1. The minimum absolute atomic E-state index is 0.0147. The lowest BCUT2D eigenvalue weighted by molar-refractivity contribution is -0.0499. The van der Waals surface area contributed by atoms with Crippen molar-refractivity contribution in [1.29, 1.82) is 0 Å². The molecule has 1 rings (SSSR count). The van der Waals surface area contributed by atoms with E-state index in [1.54, 1.807) is 11.0 Å². The molecular formula is C15H22F2N2O2. The summed E-state index contributed by atoms with van der Waals surface area (Å²) in [5, 5.41) is 0. The Morgan fingerprint density at radius 2 is 2.10 bits per heavy atom. The first-order valence-corrected chi connectivity index (χ1v) is 6.98. The van der Waals surface area contributed by atoms with Gasteiger partial charge in [0.25, 0.3) is 5.91 Å². The SMILES string of the molecule is CC(C)CN(CCCN)C(=O)c1cccc(OC(F)F)c1. The van der Waals surface area contributed by atoms with Gasteiger partial charge in [-0.05, 0) is 37.1 Å². The molecule has 0 saturated heterocycles. The van der Waals surface area contributed by atoms with E-state index in [-0.39, 0.29) is 11.7 Å². The average Bonchev–Trinajstić information content (AvgIpc) is 2.42. The van der Waals surface area contributed by atoms with Crippen LogP contribution in [-0.4, -0.2) is 37.1 Å². The van der Waals surface area contributed by atoms with Crippen LogP contribution in [0.3, 0.4) is 0 Å². The molecule has 0 aliphatic carbocycles. The summed E-state index contributed by atoms with van der Waals surface area (Å²) in [6, 6.07) is 5.86. The van der Waals surface area contributed by atoms with Crippen LogP contribution in [0.2, 0.25) is 0 Å². The number of hydrogen-bond acceptors (Lipinski definition) is 3. The molecule has 0 heterocycles. The molecule has 4 nitrogen and oxygen atoms in total. The number of alkyl halides is 2. The first-order valence-electron chi connectivity index (χ1n) is 6.98. The molecule has 0 bridgehead atoms. The molecule has 0 aromatic heterocycles. The monoisotopic (exact) mass is 300 g/mol. The van der Waals surface area contributed by atoms with Gasteiger partial charge >= 0.3 is 6.61 Å². The van der Waals surface area contributed by atoms with Gasteiger partial charge in [-0.25, -0.2) is 0 Å². The molecule has 1 amide bonds. The van der Waals surface area contributed by atoms with E-state index in [4.69, 9.17) is 5.73 Å². The van der Waals surface area contributed by atoms with Gasteiger partial charge in [-0.1, -0.05) is 19.9 Å². The van der Waals surface area contributed by atoms with Crippen molar-refractivity contribution in [2.24, 2.45) is 11.7 Å². The molecule has 0 radical (unpaired) electrons. The maximum Gasteiger partial charge on any atom is 0.387 e. The van der Waals surface area contributed by atoms with Crippen molar-refractivity contribution < 1.29 is 18.3 Å². The molecular weight excluding hydrogens is 278 g/mol. The first kappa shape index (κ1) is 17.4. The minimum Gasteiger partial charge on any atom is -0.435 e. The fraction of sp³-hybridized carbons (Fsp3) is 0.533. The second-order valence-corrected chi connectivity index (χ2v) is 5.19. The van der Waals surface area contributed by atoms with E-state index in [1.807, 2.05) is 13.8 Å². The van der Waals surface area contributed by atoms with Crippen molar-refractivity contribution in [3.05, 3.63) is 29.8 Å². The van der Waals surface area contributed by atoms with Crippen molar-refractivity contribution in [2.45, 2.75) is 26.9 Å². The van der Waals surface area contributed by atoms with Crippen molar-refractivity contribution in [2.75, 3.05) is 19.6 Å². The first-order chi connectivity index (χ1) is 9.93. The molecule has 0 saturated carbocycles. The second-order valence-electron chi connectivity index (χ2n) is 5.19. The standard InChI is InChI=1S/C15H22F2N2O2/c1-11(2)10-19(8-4-7-18)14(20)12-5-3-6-13(9-12)21-15(16)17/h3,5-6,9,11,15H,4,7-8,10,18H2,1-2H3. The normalized spacial score (nSPS) is 11.0. The Kier molecular flexibility index (Phi) is 7.08. The molecule has 1 aromatic rings. The van der Waals surface area contributed by atoms with E-state index in [1.165, 1.54) is 18.2 Å². The Labute approximate surface area is 123 Å². The molecule has 0 atom stereocenters. The minimum atomic E-state index is -2.90. The number of nitrogens with two attached hydrogens (primary N) is 1. The Morgan fingerprint density at radius 1 is 1.38 bits per heavy atom. The fourth-order valence-corrected chi connectivity index (χ4v) is 1.99. The smallest absolute Gasteiger partial charge is 0.387 e. The van der Waals surface area contributed by atoms with Gasteiger partial charge in [0.15, 0.2) is 0 Å². The molecule has 0 fully saturated rings. The van der Waals surface area contributed by atoms with Crippen LogP contribution >= 0.6 is 0 Å².